The molecule has 0 amide bonds. The Morgan fingerprint density at radius 3 is 2.25 bits per heavy atom. The molecular weight excluding hydrogens is 156 g/mol. The number of carbonyl (C=O) groups excluding carboxylic acids is 1. The van der Waals surface area contributed by atoms with Gasteiger partial charge in [-0.15, -0.1) is 0 Å². The average Bonchev–Trinajstić information content (AvgIpc) is 1.84. The van der Waals surface area contributed by atoms with E-state index in [9.17, 15) is 4.79 Å². The van der Waals surface area contributed by atoms with Crippen molar-refractivity contribution in [1.29, 1.82) is 0 Å². The zero-order valence-corrected chi connectivity index (χ0v) is 8.14. The van der Waals surface area contributed by atoms with Crippen molar-refractivity contribution in [1.82, 2.24) is 0 Å². The molecule has 0 saturated heterocycles. The quantitative estimate of drug-likeness (QED) is 0.371. The van der Waals surface area contributed by atoms with Gasteiger partial charge >= 0.3 is 5.97 Å². The van der Waals surface area contributed by atoms with Gasteiger partial charge in [-0.25, -0.2) is 4.79 Å². The summed E-state index contributed by atoms with van der Waals surface area (Å²) in [7, 11) is 0. The predicted octanol–water partition coefficient (Wildman–Crippen LogP) is 2.08. The van der Waals surface area contributed by atoms with Crippen LogP contribution >= 0.6 is 0 Å². The van der Waals surface area contributed by atoms with Crippen LogP contribution in [0.1, 0.15) is 27.7 Å². The molecule has 0 aliphatic rings. The summed E-state index contributed by atoms with van der Waals surface area (Å²) in [5, 5.41) is 0. The van der Waals surface area contributed by atoms with Crippen LogP contribution in [0.25, 0.3) is 0 Å². The monoisotopic (exact) mass is 172 g/mol. The predicted molar refractivity (Wildman–Crippen MR) is 46.3 cm³/mol. The minimum atomic E-state index is -0.515. The lowest BCUT2D eigenvalue weighted by Crippen LogP contribution is -2.17. The Bertz CT molecular complexity index is 177. The minimum absolute atomic E-state index is 0.00461. The first-order chi connectivity index (χ1) is 5.33. The van der Waals surface area contributed by atoms with Gasteiger partial charge in [0.2, 0.25) is 0 Å². The van der Waals surface area contributed by atoms with Gasteiger partial charge in [-0.3, -0.25) is 4.89 Å². The lowest BCUT2D eigenvalue weighted by atomic mass is 9.99. The second-order valence-electron chi connectivity index (χ2n) is 3.97. The normalized spacial score (nSPS) is 11.0. The van der Waals surface area contributed by atoms with E-state index >= 15 is 0 Å². The van der Waals surface area contributed by atoms with Gasteiger partial charge in [0.1, 0.15) is 0 Å². The molecule has 0 saturated carbocycles. The summed E-state index contributed by atoms with van der Waals surface area (Å²) in [5.41, 5.74) is 0.332. The summed E-state index contributed by atoms with van der Waals surface area (Å²) in [6.07, 6.45) is 0. The molecule has 0 aromatic rings. The fraction of sp³-hybridized carbons (Fsp3) is 0.667. The summed E-state index contributed by atoms with van der Waals surface area (Å²) in [6.45, 7) is 11.3. The topological polar surface area (TPSA) is 35.5 Å². The van der Waals surface area contributed by atoms with Gasteiger partial charge in [0, 0.05) is 5.57 Å². The van der Waals surface area contributed by atoms with Crippen molar-refractivity contribution in [3.8, 4) is 0 Å². The van der Waals surface area contributed by atoms with Crippen molar-refractivity contribution in [2.75, 3.05) is 6.61 Å². The summed E-state index contributed by atoms with van der Waals surface area (Å²) in [4.78, 5) is 19.9. The lowest BCUT2D eigenvalue weighted by Gasteiger charge is -2.16. The van der Waals surface area contributed by atoms with Crippen LogP contribution in [0.4, 0.5) is 0 Å². The first kappa shape index (κ1) is 11.2. The highest BCUT2D eigenvalue weighted by Crippen LogP contribution is 2.13. The fourth-order valence-electron chi connectivity index (χ4n) is 0.331. The maximum Gasteiger partial charge on any atom is 0.368 e. The maximum atomic E-state index is 10.8. The van der Waals surface area contributed by atoms with Gasteiger partial charge < -0.3 is 0 Å². The van der Waals surface area contributed by atoms with Crippen molar-refractivity contribution in [2.24, 2.45) is 5.41 Å². The second kappa shape index (κ2) is 4.26. The summed E-state index contributed by atoms with van der Waals surface area (Å²) >= 11 is 0. The highest BCUT2D eigenvalue weighted by atomic mass is 17.2. The van der Waals surface area contributed by atoms with Crippen LogP contribution in [-0.2, 0) is 14.6 Å². The number of hydrogen-bond donors (Lipinski definition) is 0. The van der Waals surface area contributed by atoms with Crippen molar-refractivity contribution >= 4 is 5.97 Å². The number of carbonyl (C=O) groups is 1. The van der Waals surface area contributed by atoms with E-state index in [2.05, 4.69) is 11.5 Å². The van der Waals surface area contributed by atoms with Crippen LogP contribution in [0.15, 0.2) is 12.2 Å². The smallest absolute Gasteiger partial charge is 0.293 e. The van der Waals surface area contributed by atoms with Gasteiger partial charge in [0.15, 0.2) is 0 Å². The zero-order chi connectivity index (χ0) is 9.78. The third-order valence-electron chi connectivity index (χ3n) is 0.975. The minimum Gasteiger partial charge on any atom is -0.293 e. The van der Waals surface area contributed by atoms with Gasteiger partial charge in [-0.1, -0.05) is 27.4 Å². The molecule has 0 aliphatic heterocycles. The number of hydrogen-bond acceptors (Lipinski definition) is 3. The Hall–Kier alpha value is -0.830. The lowest BCUT2D eigenvalue weighted by molar-refractivity contribution is -0.279. The summed E-state index contributed by atoms with van der Waals surface area (Å²) < 4.78 is 0. The molecule has 0 fully saturated rings. The Kier molecular flexibility index (Phi) is 3.96. The molecule has 0 aliphatic carbocycles. The van der Waals surface area contributed by atoms with Crippen LogP contribution in [0.2, 0.25) is 0 Å². The molecule has 0 unspecified atom stereocenters. The molecule has 0 aromatic heterocycles. The molecule has 0 atom stereocenters. The standard InChI is InChI=1S/C9H16O3/c1-7(2)8(10)12-11-6-9(3,4)5/h1,6H2,2-5H3. The van der Waals surface area contributed by atoms with E-state index < -0.39 is 5.97 Å². The highest BCUT2D eigenvalue weighted by molar-refractivity contribution is 5.86. The Morgan fingerprint density at radius 1 is 1.42 bits per heavy atom. The SMILES string of the molecule is C=C(C)C(=O)OOCC(C)(C)C. The molecule has 0 N–H and O–H groups in total. The molecule has 0 radical (unpaired) electrons. The third kappa shape index (κ3) is 5.92. The molecule has 70 valence electrons. The van der Waals surface area contributed by atoms with Gasteiger partial charge in [0.05, 0.1) is 6.61 Å². The largest absolute Gasteiger partial charge is 0.368 e. The van der Waals surface area contributed by atoms with Gasteiger partial charge in [-0.05, 0) is 12.3 Å². The fourth-order valence-corrected chi connectivity index (χ4v) is 0.331. The average molecular weight is 172 g/mol. The molecular formula is C9H16O3. The van der Waals surface area contributed by atoms with Crippen molar-refractivity contribution in [3.05, 3.63) is 12.2 Å². The molecule has 3 nitrogen and oxygen atoms in total. The van der Waals surface area contributed by atoms with E-state index in [4.69, 9.17) is 4.89 Å². The van der Waals surface area contributed by atoms with Crippen LogP contribution in [0.5, 0.6) is 0 Å². The van der Waals surface area contributed by atoms with E-state index in [1.807, 2.05) is 20.8 Å². The highest BCUT2D eigenvalue weighted by Gasteiger charge is 2.12. The van der Waals surface area contributed by atoms with Crippen LogP contribution < -0.4 is 0 Å². The van der Waals surface area contributed by atoms with Crippen LogP contribution in [0.3, 0.4) is 0 Å². The molecule has 12 heavy (non-hydrogen) atoms. The van der Waals surface area contributed by atoms with E-state index in [0.717, 1.165) is 0 Å². The van der Waals surface area contributed by atoms with E-state index in [1.54, 1.807) is 6.92 Å². The molecule has 0 spiro atoms. The zero-order valence-electron chi connectivity index (χ0n) is 8.14. The van der Waals surface area contributed by atoms with Crippen LogP contribution in [0, 0.1) is 5.41 Å². The van der Waals surface area contributed by atoms with Crippen molar-refractivity contribution in [3.63, 3.8) is 0 Å². The summed E-state index contributed by atoms with van der Waals surface area (Å²) in [6, 6.07) is 0. The second-order valence-corrected chi connectivity index (χ2v) is 3.97. The first-order valence-electron chi connectivity index (χ1n) is 3.82. The van der Waals surface area contributed by atoms with Crippen molar-refractivity contribution < 1.29 is 14.6 Å². The van der Waals surface area contributed by atoms with E-state index in [0.29, 0.717) is 12.2 Å². The van der Waals surface area contributed by atoms with Gasteiger partial charge in [0.25, 0.3) is 0 Å². The molecule has 0 heterocycles. The van der Waals surface area contributed by atoms with Crippen LogP contribution in [-0.4, -0.2) is 12.6 Å². The first-order valence-corrected chi connectivity index (χ1v) is 3.82. The molecule has 3 heteroatoms. The molecule has 0 rings (SSSR count). The molecule has 0 aromatic carbocycles. The summed E-state index contributed by atoms with van der Waals surface area (Å²) in [5.74, 6) is -0.515. The van der Waals surface area contributed by atoms with Gasteiger partial charge in [-0.2, -0.15) is 4.89 Å². The third-order valence-corrected chi connectivity index (χ3v) is 0.975. The maximum absolute atomic E-state index is 10.8. The van der Waals surface area contributed by atoms with E-state index in [1.165, 1.54) is 0 Å². The Morgan fingerprint density at radius 2 is 1.92 bits per heavy atom. The Labute approximate surface area is 73.3 Å². The molecule has 0 bridgehead atoms. The Balaban J connectivity index is 3.58. The van der Waals surface area contributed by atoms with E-state index in [-0.39, 0.29) is 5.41 Å². The van der Waals surface area contributed by atoms with Crippen molar-refractivity contribution in [2.45, 2.75) is 27.7 Å². The number of rotatable bonds is 3.